The maximum atomic E-state index is 2.46. The molecule has 0 aliphatic heterocycles. The fraction of sp³-hybridized carbons (Fsp3) is 0.880. The van der Waals surface area contributed by atoms with Crippen molar-refractivity contribution in [2.75, 3.05) is 0 Å². The quantitative estimate of drug-likeness (QED) is 0.172. The molecule has 1 heterocycles. The number of aromatic nitrogens is 2. The predicted octanol–water partition coefficient (Wildman–Crippen LogP) is 7.76. The Balaban J connectivity index is 2.03. The Morgan fingerprint density at radius 2 is 1.07 bits per heavy atom. The molecule has 2 heteroatoms. The van der Waals surface area contributed by atoms with Crippen molar-refractivity contribution >= 4 is 0 Å². The molecule has 0 amide bonds. The lowest BCUT2D eigenvalue weighted by atomic mass is 10.1. The number of nitrogens with zero attached hydrogens (tertiary/aromatic N) is 2. The molecule has 1 aromatic heterocycles. The first-order valence-corrected chi connectivity index (χ1v) is 12.3. The second-order valence-electron chi connectivity index (χ2n) is 8.54. The summed E-state index contributed by atoms with van der Waals surface area (Å²) < 4.78 is 4.93. The van der Waals surface area contributed by atoms with Crippen LogP contribution in [0.15, 0.2) is 12.4 Å². The number of hydrogen-bond donors (Lipinski definition) is 0. The molecular weight excluding hydrogens is 328 g/mol. The zero-order valence-corrected chi connectivity index (χ0v) is 19.0. The van der Waals surface area contributed by atoms with E-state index in [1.165, 1.54) is 128 Å². The summed E-state index contributed by atoms with van der Waals surface area (Å²) in [5.74, 6) is 1.44. The standard InChI is InChI=1S/C25H49N2/c1-4-6-8-10-12-14-16-18-20-22-27-24-23-26(25(27)3)21-19-17-15-13-11-9-7-5-2/h23-24H,4-22H2,1-3H3/q+1. The van der Waals surface area contributed by atoms with Crippen molar-refractivity contribution in [1.29, 1.82) is 0 Å². The highest BCUT2D eigenvalue weighted by Gasteiger charge is 2.11. The van der Waals surface area contributed by atoms with Crippen molar-refractivity contribution in [2.45, 2.75) is 143 Å². The molecule has 0 bridgehead atoms. The Morgan fingerprint density at radius 3 is 1.59 bits per heavy atom. The summed E-state index contributed by atoms with van der Waals surface area (Å²) in [7, 11) is 0. The predicted molar refractivity (Wildman–Crippen MR) is 119 cm³/mol. The van der Waals surface area contributed by atoms with Gasteiger partial charge < -0.3 is 0 Å². The number of imidazole rings is 1. The third kappa shape index (κ3) is 12.3. The van der Waals surface area contributed by atoms with E-state index in [-0.39, 0.29) is 0 Å². The van der Waals surface area contributed by atoms with E-state index >= 15 is 0 Å². The molecule has 2 nitrogen and oxygen atoms in total. The van der Waals surface area contributed by atoms with Gasteiger partial charge in [-0.3, -0.25) is 0 Å². The van der Waals surface area contributed by atoms with Gasteiger partial charge in [-0.25, -0.2) is 9.13 Å². The molecule has 0 radical (unpaired) electrons. The van der Waals surface area contributed by atoms with Gasteiger partial charge in [0, 0.05) is 6.92 Å². The maximum absolute atomic E-state index is 2.46. The monoisotopic (exact) mass is 377 g/mol. The van der Waals surface area contributed by atoms with Crippen molar-refractivity contribution in [3.05, 3.63) is 18.2 Å². The fourth-order valence-corrected chi connectivity index (χ4v) is 4.02. The Kier molecular flexibility index (Phi) is 15.6. The van der Waals surface area contributed by atoms with Crippen molar-refractivity contribution in [3.63, 3.8) is 0 Å². The number of aryl methyl sites for hydroxylation is 2. The topological polar surface area (TPSA) is 8.81 Å². The van der Waals surface area contributed by atoms with E-state index in [0.29, 0.717) is 0 Å². The molecule has 1 rings (SSSR count). The largest absolute Gasteiger partial charge is 0.253 e. The highest BCUT2D eigenvalue weighted by Crippen LogP contribution is 2.11. The second kappa shape index (κ2) is 17.3. The van der Waals surface area contributed by atoms with E-state index in [1.54, 1.807) is 0 Å². The first-order chi connectivity index (χ1) is 13.3. The molecule has 0 unspecified atom stereocenters. The third-order valence-corrected chi connectivity index (χ3v) is 6.01. The Hall–Kier alpha value is -0.790. The minimum Gasteiger partial charge on any atom is -0.234 e. The van der Waals surface area contributed by atoms with E-state index < -0.39 is 0 Å². The minimum atomic E-state index is 1.20. The van der Waals surface area contributed by atoms with E-state index in [1.807, 2.05) is 0 Å². The SMILES string of the molecule is CCCCCCCCCCC[n+]1ccn(CCCCCCCCCC)c1C. The third-order valence-electron chi connectivity index (χ3n) is 6.01. The average molecular weight is 378 g/mol. The van der Waals surface area contributed by atoms with Crippen LogP contribution < -0.4 is 4.57 Å². The maximum Gasteiger partial charge on any atom is 0.253 e. The summed E-state index contributed by atoms with van der Waals surface area (Å²) in [6, 6.07) is 0. The van der Waals surface area contributed by atoms with Crippen LogP contribution in [0.2, 0.25) is 0 Å². The Morgan fingerprint density at radius 1 is 0.630 bits per heavy atom. The summed E-state index contributed by atoms with van der Waals surface area (Å²) in [6.45, 7) is 9.28. The molecule has 0 aliphatic rings. The van der Waals surface area contributed by atoms with Crippen LogP contribution in [0.4, 0.5) is 0 Å². The number of hydrogen-bond acceptors (Lipinski definition) is 0. The molecule has 0 saturated carbocycles. The van der Waals surface area contributed by atoms with Crippen LogP contribution in [-0.2, 0) is 13.1 Å². The number of unbranched alkanes of at least 4 members (excludes halogenated alkanes) is 15. The summed E-state index contributed by atoms with van der Waals surface area (Å²) in [5.41, 5.74) is 0. The lowest BCUT2D eigenvalue weighted by Gasteiger charge is -2.03. The van der Waals surface area contributed by atoms with Gasteiger partial charge in [-0.05, 0) is 25.7 Å². The zero-order chi connectivity index (χ0) is 19.6. The molecule has 27 heavy (non-hydrogen) atoms. The summed E-state index contributed by atoms with van der Waals surface area (Å²) in [6.07, 6.45) is 28.5. The molecule has 158 valence electrons. The van der Waals surface area contributed by atoms with Gasteiger partial charge in [-0.1, -0.05) is 97.3 Å². The highest BCUT2D eigenvalue weighted by molar-refractivity contribution is 4.79. The number of rotatable bonds is 19. The summed E-state index contributed by atoms with van der Waals surface area (Å²) >= 11 is 0. The van der Waals surface area contributed by atoms with E-state index in [0.717, 1.165) is 0 Å². The molecule has 0 spiro atoms. The fourth-order valence-electron chi connectivity index (χ4n) is 4.02. The van der Waals surface area contributed by atoms with Crippen LogP contribution >= 0.6 is 0 Å². The lowest BCUT2D eigenvalue weighted by Crippen LogP contribution is -2.35. The van der Waals surface area contributed by atoms with Crippen molar-refractivity contribution in [2.24, 2.45) is 0 Å². The van der Waals surface area contributed by atoms with Crippen LogP contribution in [0.5, 0.6) is 0 Å². The highest BCUT2D eigenvalue weighted by atomic mass is 15.1. The van der Waals surface area contributed by atoms with Crippen LogP contribution in [0, 0.1) is 6.92 Å². The minimum absolute atomic E-state index is 1.20. The van der Waals surface area contributed by atoms with Crippen molar-refractivity contribution in [3.8, 4) is 0 Å². The Labute approximate surface area is 170 Å². The van der Waals surface area contributed by atoms with Gasteiger partial charge in [0.1, 0.15) is 12.4 Å². The van der Waals surface area contributed by atoms with Crippen molar-refractivity contribution in [1.82, 2.24) is 4.57 Å². The normalized spacial score (nSPS) is 11.4. The second-order valence-corrected chi connectivity index (χ2v) is 8.54. The summed E-state index contributed by atoms with van der Waals surface area (Å²) in [5, 5.41) is 0. The van der Waals surface area contributed by atoms with Gasteiger partial charge in [0.25, 0.3) is 5.82 Å². The van der Waals surface area contributed by atoms with Crippen LogP contribution in [0.1, 0.15) is 129 Å². The van der Waals surface area contributed by atoms with Gasteiger partial charge in [-0.2, -0.15) is 0 Å². The van der Waals surface area contributed by atoms with Crippen LogP contribution in [0.25, 0.3) is 0 Å². The Bertz CT molecular complexity index is 436. The average Bonchev–Trinajstić information content (AvgIpc) is 3.02. The van der Waals surface area contributed by atoms with E-state index in [4.69, 9.17) is 0 Å². The summed E-state index contributed by atoms with van der Waals surface area (Å²) in [4.78, 5) is 0. The zero-order valence-electron chi connectivity index (χ0n) is 19.0. The molecule has 0 fully saturated rings. The van der Waals surface area contributed by atoms with Crippen molar-refractivity contribution < 1.29 is 4.57 Å². The molecule has 0 aliphatic carbocycles. The molecule has 1 aromatic rings. The van der Waals surface area contributed by atoms with Crippen LogP contribution in [-0.4, -0.2) is 4.57 Å². The first kappa shape index (κ1) is 24.2. The first-order valence-electron chi connectivity index (χ1n) is 12.3. The van der Waals surface area contributed by atoms with E-state index in [2.05, 4.69) is 42.3 Å². The van der Waals surface area contributed by atoms with E-state index in [9.17, 15) is 0 Å². The molecule has 0 N–H and O–H groups in total. The van der Waals surface area contributed by atoms with Gasteiger partial charge in [0.05, 0.1) is 13.1 Å². The molecule has 0 saturated heterocycles. The molecule has 0 aromatic carbocycles. The van der Waals surface area contributed by atoms with Gasteiger partial charge in [0.15, 0.2) is 0 Å². The van der Waals surface area contributed by atoms with Gasteiger partial charge in [-0.15, -0.1) is 0 Å². The van der Waals surface area contributed by atoms with Crippen LogP contribution in [0.3, 0.4) is 0 Å². The molecule has 0 atom stereocenters. The van der Waals surface area contributed by atoms with Gasteiger partial charge >= 0.3 is 0 Å². The molecular formula is C25H49N2+. The smallest absolute Gasteiger partial charge is 0.234 e. The van der Waals surface area contributed by atoms with Gasteiger partial charge in [0.2, 0.25) is 0 Å². The lowest BCUT2D eigenvalue weighted by molar-refractivity contribution is -0.702.